The molecule has 1 aromatic carbocycles. The molecule has 1 saturated carbocycles. The van der Waals surface area contributed by atoms with Crippen molar-refractivity contribution in [3.63, 3.8) is 0 Å². The van der Waals surface area contributed by atoms with Crippen LogP contribution in [0.5, 0.6) is 11.5 Å². The third-order valence-electron chi connectivity index (χ3n) is 5.93. The topological polar surface area (TPSA) is 50.8 Å². The average Bonchev–Trinajstić information content (AvgIpc) is 2.69. The molecule has 5 nitrogen and oxygen atoms in total. The fourth-order valence-electron chi connectivity index (χ4n) is 4.45. The predicted octanol–water partition coefficient (Wildman–Crippen LogP) is 3.88. The maximum absolute atomic E-state index is 12.7. The maximum atomic E-state index is 12.7. The Morgan fingerprint density at radius 2 is 1.81 bits per heavy atom. The van der Waals surface area contributed by atoms with Gasteiger partial charge in [-0.25, -0.2) is 0 Å². The second kappa shape index (κ2) is 8.82. The number of carbonyl (C=O) groups is 1. The molecule has 27 heavy (non-hydrogen) atoms. The molecule has 0 spiro atoms. The summed E-state index contributed by atoms with van der Waals surface area (Å²) in [5.74, 6) is 1.99. The first kappa shape index (κ1) is 19.1. The predicted molar refractivity (Wildman–Crippen MR) is 108 cm³/mol. The Labute approximate surface area is 169 Å². The van der Waals surface area contributed by atoms with E-state index in [9.17, 15) is 4.79 Å². The fourth-order valence-corrected chi connectivity index (χ4v) is 4.90. The summed E-state index contributed by atoms with van der Waals surface area (Å²) in [6.45, 7) is 3.89. The number of hydrogen-bond acceptors (Lipinski definition) is 4. The molecule has 2 fully saturated rings. The minimum atomic E-state index is 0.108. The summed E-state index contributed by atoms with van der Waals surface area (Å²) in [5.41, 5.74) is 1.19. The third kappa shape index (κ3) is 4.77. The lowest BCUT2D eigenvalue weighted by molar-refractivity contribution is -0.127. The number of nitrogens with one attached hydrogen (secondary N) is 1. The van der Waals surface area contributed by atoms with Crippen molar-refractivity contribution in [2.24, 2.45) is 5.92 Å². The van der Waals surface area contributed by atoms with Crippen LogP contribution in [0, 0.1) is 5.92 Å². The van der Waals surface area contributed by atoms with Crippen molar-refractivity contribution in [2.45, 2.75) is 57.5 Å². The van der Waals surface area contributed by atoms with E-state index in [1.807, 2.05) is 6.07 Å². The van der Waals surface area contributed by atoms with Gasteiger partial charge in [-0.15, -0.1) is 0 Å². The molecule has 4 rings (SSSR count). The lowest BCUT2D eigenvalue weighted by atomic mass is 9.93. The van der Waals surface area contributed by atoms with E-state index in [0.717, 1.165) is 61.3 Å². The first-order valence-corrected chi connectivity index (χ1v) is 11.1. The maximum Gasteiger partial charge on any atom is 0.224 e. The van der Waals surface area contributed by atoms with Gasteiger partial charge in [0.1, 0.15) is 13.2 Å². The van der Waals surface area contributed by atoms with Gasteiger partial charge in [0.25, 0.3) is 0 Å². The molecular weight excluding hydrogens is 408 g/mol. The molecule has 2 heterocycles. The van der Waals surface area contributed by atoms with Gasteiger partial charge in [0.15, 0.2) is 11.5 Å². The highest BCUT2D eigenvalue weighted by atomic mass is 79.9. The number of nitrogens with zero attached hydrogens (tertiary/aromatic N) is 1. The molecule has 1 unspecified atom stereocenters. The van der Waals surface area contributed by atoms with Crippen LogP contribution in [0.2, 0.25) is 0 Å². The van der Waals surface area contributed by atoms with Gasteiger partial charge >= 0.3 is 0 Å². The van der Waals surface area contributed by atoms with E-state index < -0.39 is 0 Å². The molecule has 1 aliphatic carbocycles. The van der Waals surface area contributed by atoms with Crippen molar-refractivity contribution in [3.8, 4) is 11.5 Å². The van der Waals surface area contributed by atoms with E-state index in [1.54, 1.807) is 0 Å². The zero-order valence-electron chi connectivity index (χ0n) is 15.8. The quantitative estimate of drug-likeness (QED) is 0.777. The van der Waals surface area contributed by atoms with Gasteiger partial charge in [-0.05, 0) is 49.9 Å². The number of fused-ring (bicyclic) bond motifs is 1. The lowest BCUT2D eigenvalue weighted by Crippen LogP contribution is -2.46. The van der Waals surface area contributed by atoms with E-state index >= 15 is 0 Å². The monoisotopic (exact) mass is 436 g/mol. The van der Waals surface area contributed by atoms with Crippen LogP contribution in [-0.4, -0.2) is 43.2 Å². The van der Waals surface area contributed by atoms with Gasteiger partial charge in [0.2, 0.25) is 5.91 Å². The van der Waals surface area contributed by atoms with Gasteiger partial charge < -0.3 is 14.8 Å². The minimum absolute atomic E-state index is 0.108. The molecule has 1 atom stereocenters. The third-order valence-corrected chi connectivity index (χ3v) is 6.67. The fraction of sp³-hybridized carbons (Fsp3) is 0.667. The van der Waals surface area contributed by atoms with Crippen LogP contribution >= 0.6 is 15.9 Å². The summed E-state index contributed by atoms with van der Waals surface area (Å²) >= 11 is 3.67. The molecule has 1 amide bonds. The molecule has 6 heteroatoms. The average molecular weight is 437 g/mol. The highest BCUT2D eigenvalue weighted by Crippen LogP contribution is 2.36. The lowest BCUT2D eigenvalue weighted by Gasteiger charge is -2.34. The zero-order chi connectivity index (χ0) is 18.6. The molecule has 3 aliphatic rings. The van der Waals surface area contributed by atoms with Crippen LogP contribution in [0.15, 0.2) is 16.6 Å². The molecule has 1 aromatic rings. The normalized spacial score (nSPS) is 23.8. The van der Waals surface area contributed by atoms with Crippen LogP contribution in [-0.2, 0) is 11.3 Å². The van der Waals surface area contributed by atoms with Gasteiger partial charge in [-0.2, -0.15) is 0 Å². The van der Waals surface area contributed by atoms with Gasteiger partial charge in [-0.1, -0.05) is 35.2 Å². The minimum Gasteiger partial charge on any atom is -0.486 e. The molecule has 0 aromatic heterocycles. The summed E-state index contributed by atoms with van der Waals surface area (Å²) in [7, 11) is 0. The van der Waals surface area contributed by atoms with Gasteiger partial charge in [0, 0.05) is 23.6 Å². The molecule has 0 radical (unpaired) electrons. The number of rotatable bonds is 4. The van der Waals surface area contributed by atoms with Crippen molar-refractivity contribution in [3.05, 3.63) is 22.2 Å². The van der Waals surface area contributed by atoms with Crippen LogP contribution in [0.3, 0.4) is 0 Å². The van der Waals surface area contributed by atoms with Crippen LogP contribution in [0.1, 0.15) is 50.5 Å². The number of halogens is 1. The summed E-state index contributed by atoms with van der Waals surface area (Å²) < 4.78 is 12.4. The van der Waals surface area contributed by atoms with Crippen LogP contribution < -0.4 is 14.8 Å². The Morgan fingerprint density at radius 3 is 2.59 bits per heavy atom. The Morgan fingerprint density at radius 1 is 1.07 bits per heavy atom. The summed E-state index contributed by atoms with van der Waals surface area (Å²) in [6.07, 6.45) is 8.18. The molecule has 1 N–H and O–H groups in total. The largest absolute Gasteiger partial charge is 0.486 e. The summed E-state index contributed by atoms with van der Waals surface area (Å²) in [6, 6.07) is 4.47. The van der Waals surface area contributed by atoms with E-state index in [4.69, 9.17) is 9.47 Å². The Hall–Kier alpha value is -1.27. The number of ether oxygens (including phenoxy) is 2. The number of piperidine rings is 1. The van der Waals surface area contributed by atoms with Gasteiger partial charge in [-0.3, -0.25) is 9.69 Å². The molecule has 2 aliphatic heterocycles. The van der Waals surface area contributed by atoms with Crippen LogP contribution in [0.25, 0.3) is 0 Å². The number of hydrogen-bond donors (Lipinski definition) is 1. The van der Waals surface area contributed by atoms with Crippen molar-refractivity contribution < 1.29 is 14.3 Å². The molecular formula is C21H29BrN2O3. The molecule has 1 saturated heterocycles. The highest BCUT2D eigenvalue weighted by Gasteiger charge is 2.28. The van der Waals surface area contributed by atoms with E-state index in [0.29, 0.717) is 19.3 Å². The van der Waals surface area contributed by atoms with Crippen molar-refractivity contribution in [2.75, 3.05) is 26.3 Å². The smallest absolute Gasteiger partial charge is 0.224 e. The number of carbonyl (C=O) groups excluding carboxylic acids is 1. The Balaban J connectivity index is 1.36. The molecule has 0 bridgehead atoms. The SMILES string of the molecule is O=C(NC1CCCCC1)C1CCCN(Cc2cc3c(cc2Br)OCCO3)C1. The standard InChI is InChI=1S/C21H29BrN2O3/c22-18-12-20-19(26-9-10-27-20)11-16(18)14-24-8-4-5-15(13-24)21(25)23-17-6-2-1-3-7-17/h11-12,15,17H,1-10,13-14H2,(H,23,25). The van der Waals surface area contributed by atoms with Crippen molar-refractivity contribution >= 4 is 21.8 Å². The van der Waals surface area contributed by atoms with Gasteiger partial charge in [0.05, 0.1) is 5.92 Å². The van der Waals surface area contributed by atoms with E-state index in [1.165, 1.54) is 24.8 Å². The highest BCUT2D eigenvalue weighted by molar-refractivity contribution is 9.10. The molecule has 148 valence electrons. The first-order chi connectivity index (χ1) is 13.2. The van der Waals surface area contributed by atoms with Crippen molar-refractivity contribution in [1.82, 2.24) is 10.2 Å². The number of amides is 1. The zero-order valence-corrected chi connectivity index (χ0v) is 17.4. The van der Waals surface area contributed by atoms with Crippen molar-refractivity contribution in [1.29, 1.82) is 0 Å². The van der Waals surface area contributed by atoms with E-state index in [2.05, 4.69) is 32.2 Å². The number of likely N-dealkylation sites (tertiary alicyclic amines) is 1. The summed E-state index contributed by atoms with van der Waals surface area (Å²) in [4.78, 5) is 15.1. The summed E-state index contributed by atoms with van der Waals surface area (Å²) in [5, 5.41) is 3.31. The van der Waals surface area contributed by atoms with Crippen LogP contribution in [0.4, 0.5) is 0 Å². The van der Waals surface area contributed by atoms with E-state index in [-0.39, 0.29) is 11.8 Å². The second-order valence-electron chi connectivity index (χ2n) is 8.01. The Bertz CT molecular complexity index is 676. The Kier molecular flexibility index (Phi) is 6.23. The number of benzene rings is 1. The first-order valence-electron chi connectivity index (χ1n) is 10.3. The second-order valence-corrected chi connectivity index (χ2v) is 8.86.